The predicted molar refractivity (Wildman–Crippen MR) is 79.1 cm³/mol. The Morgan fingerprint density at radius 1 is 1.56 bits per heavy atom. The summed E-state index contributed by atoms with van der Waals surface area (Å²) in [7, 11) is 1.97. The predicted octanol–water partition coefficient (Wildman–Crippen LogP) is 1.99. The van der Waals surface area contributed by atoms with Gasteiger partial charge >= 0.3 is 0 Å². The first kappa shape index (κ1) is 13.3. The van der Waals surface area contributed by atoms with Gasteiger partial charge in [-0.05, 0) is 32.1 Å². The summed E-state index contributed by atoms with van der Waals surface area (Å²) in [4.78, 5) is 2.85. The Bertz CT molecular complexity index is 448. The molecule has 1 aliphatic rings. The van der Waals surface area contributed by atoms with Gasteiger partial charge in [-0.3, -0.25) is 4.68 Å². The van der Waals surface area contributed by atoms with Crippen LogP contribution in [0.4, 0.5) is 5.82 Å². The maximum atomic E-state index is 5.86. The highest BCUT2D eigenvalue weighted by Gasteiger charge is 2.28. The monoisotopic (exact) mass is 266 g/mol. The van der Waals surface area contributed by atoms with Crippen LogP contribution in [0.2, 0.25) is 0 Å². The van der Waals surface area contributed by atoms with E-state index < -0.39 is 0 Å². The number of hydrogen-bond donors (Lipinski definition) is 1. The van der Waals surface area contributed by atoms with Crippen LogP contribution in [0.1, 0.15) is 37.4 Å². The van der Waals surface area contributed by atoms with Crippen LogP contribution in [0.25, 0.3) is 0 Å². The smallest absolute Gasteiger partial charge is 0.137 e. The highest BCUT2D eigenvalue weighted by molar-refractivity contribution is 7.80. The van der Waals surface area contributed by atoms with Gasteiger partial charge in [0.1, 0.15) is 10.8 Å². The molecule has 5 heteroatoms. The third-order valence-electron chi connectivity index (χ3n) is 3.41. The molecule has 0 aliphatic heterocycles. The van der Waals surface area contributed by atoms with Crippen molar-refractivity contribution in [3.05, 3.63) is 11.3 Å². The van der Waals surface area contributed by atoms with Gasteiger partial charge in [-0.1, -0.05) is 19.1 Å². The topological polar surface area (TPSA) is 47.1 Å². The van der Waals surface area contributed by atoms with E-state index in [2.05, 4.69) is 16.9 Å². The number of anilines is 1. The minimum absolute atomic E-state index is 0.451. The molecule has 0 saturated heterocycles. The number of rotatable bonds is 6. The van der Waals surface area contributed by atoms with Crippen LogP contribution >= 0.6 is 12.2 Å². The zero-order valence-electron chi connectivity index (χ0n) is 11.4. The summed E-state index contributed by atoms with van der Waals surface area (Å²) in [6.45, 7) is 6.30. The van der Waals surface area contributed by atoms with Crippen LogP contribution in [-0.2, 0) is 7.05 Å². The molecule has 4 nitrogen and oxygen atoms in total. The summed E-state index contributed by atoms with van der Waals surface area (Å²) in [5, 5.41) is 4.47. The molecule has 0 spiro atoms. The van der Waals surface area contributed by atoms with Crippen molar-refractivity contribution in [2.45, 2.75) is 33.1 Å². The second-order valence-corrected chi connectivity index (χ2v) is 5.60. The maximum Gasteiger partial charge on any atom is 0.137 e. The first-order valence-corrected chi connectivity index (χ1v) is 7.03. The Balaban J connectivity index is 2.34. The lowest BCUT2D eigenvalue weighted by Gasteiger charge is -2.25. The molecule has 0 aromatic carbocycles. The Morgan fingerprint density at radius 2 is 2.22 bits per heavy atom. The van der Waals surface area contributed by atoms with Crippen molar-refractivity contribution in [2.24, 2.45) is 18.7 Å². The Kier molecular flexibility index (Phi) is 3.90. The van der Waals surface area contributed by atoms with E-state index in [0.717, 1.165) is 42.5 Å². The number of thiocarbonyl (C=S) groups is 1. The zero-order chi connectivity index (χ0) is 13.3. The van der Waals surface area contributed by atoms with Crippen molar-refractivity contribution in [1.29, 1.82) is 0 Å². The van der Waals surface area contributed by atoms with Gasteiger partial charge in [0.15, 0.2) is 0 Å². The van der Waals surface area contributed by atoms with Crippen LogP contribution in [0.3, 0.4) is 0 Å². The van der Waals surface area contributed by atoms with Gasteiger partial charge in [-0.25, -0.2) is 0 Å². The number of aromatic nitrogens is 2. The molecule has 100 valence electrons. The van der Waals surface area contributed by atoms with Crippen molar-refractivity contribution >= 4 is 23.0 Å². The van der Waals surface area contributed by atoms with E-state index in [1.807, 2.05) is 18.7 Å². The second-order valence-electron chi connectivity index (χ2n) is 5.16. The fourth-order valence-corrected chi connectivity index (χ4v) is 2.70. The zero-order valence-corrected chi connectivity index (χ0v) is 12.3. The standard InChI is InChI=1S/C13H22N4S/c1-4-7-17(8-10-5-6-10)13-11(12(14)18)9(2)15-16(13)3/h10H,4-8H2,1-3H3,(H2,14,18). The van der Waals surface area contributed by atoms with Crippen molar-refractivity contribution in [2.75, 3.05) is 18.0 Å². The summed E-state index contributed by atoms with van der Waals surface area (Å²) in [6.07, 6.45) is 3.81. The molecule has 2 N–H and O–H groups in total. The van der Waals surface area contributed by atoms with Gasteiger partial charge in [0.25, 0.3) is 0 Å². The van der Waals surface area contributed by atoms with E-state index in [1.165, 1.54) is 12.8 Å². The van der Waals surface area contributed by atoms with Crippen molar-refractivity contribution < 1.29 is 0 Å². The van der Waals surface area contributed by atoms with Crippen LogP contribution in [0.5, 0.6) is 0 Å². The molecule has 0 amide bonds. The van der Waals surface area contributed by atoms with Crippen LogP contribution in [0, 0.1) is 12.8 Å². The van der Waals surface area contributed by atoms with E-state index in [1.54, 1.807) is 0 Å². The van der Waals surface area contributed by atoms with Crippen LogP contribution in [0.15, 0.2) is 0 Å². The highest BCUT2D eigenvalue weighted by atomic mass is 32.1. The molecule has 1 saturated carbocycles. The number of nitrogens with two attached hydrogens (primary N) is 1. The molecule has 1 fully saturated rings. The SMILES string of the molecule is CCCN(CC1CC1)c1c(C(N)=S)c(C)nn1C. The third kappa shape index (κ3) is 2.66. The first-order valence-electron chi connectivity index (χ1n) is 6.63. The molecule has 0 unspecified atom stereocenters. The van der Waals surface area contributed by atoms with Gasteiger partial charge < -0.3 is 10.6 Å². The van der Waals surface area contributed by atoms with Gasteiger partial charge in [0, 0.05) is 20.1 Å². The van der Waals surface area contributed by atoms with Crippen LogP contribution < -0.4 is 10.6 Å². The second kappa shape index (κ2) is 5.26. The van der Waals surface area contributed by atoms with E-state index in [4.69, 9.17) is 18.0 Å². The maximum absolute atomic E-state index is 5.86. The first-order chi connectivity index (χ1) is 8.54. The molecule has 0 radical (unpaired) electrons. The van der Waals surface area contributed by atoms with Gasteiger partial charge in [0.05, 0.1) is 11.3 Å². The molecule has 1 heterocycles. The van der Waals surface area contributed by atoms with Gasteiger partial charge in [-0.15, -0.1) is 0 Å². The Morgan fingerprint density at radius 3 is 2.72 bits per heavy atom. The lowest BCUT2D eigenvalue weighted by molar-refractivity contribution is 0.658. The summed E-state index contributed by atoms with van der Waals surface area (Å²) in [5.74, 6) is 1.93. The Hall–Kier alpha value is -1.10. The molecular formula is C13H22N4S. The lowest BCUT2D eigenvalue weighted by atomic mass is 10.2. The fraction of sp³-hybridized carbons (Fsp3) is 0.692. The largest absolute Gasteiger partial charge is 0.389 e. The van der Waals surface area contributed by atoms with E-state index >= 15 is 0 Å². The number of nitrogens with zero attached hydrogens (tertiary/aromatic N) is 3. The lowest BCUT2D eigenvalue weighted by Crippen LogP contribution is -2.30. The van der Waals surface area contributed by atoms with Crippen molar-refractivity contribution in [1.82, 2.24) is 9.78 Å². The fourth-order valence-electron chi connectivity index (χ4n) is 2.46. The van der Waals surface area contributed by atoms with Crippen molar-refractivity contribution in [3.63, 3.8) is 0 Å². The number of hydrogen-bond acceptors (Lipinski definition) is 3. The summed E-state index contributed by atoms with van der Waals surface area (Å²) >= 11 is 5.18. The minimum atomic E-state index is 0.451. The van der Waals surface area contributed by atoms with E-state index in [-0.39, 0.29) is 0 Å². The minimum Gasteiger partial charge on any atom is -0.389 e. The molecule has 0 atom stereocenters. The molecule has 18 heavy (non-hydrogen) atoms. The van der Waals surface area contributed by atoms with E-state index in [9.17, 15) is 0 Å². The summed E-state index contributed by atoms with van der Waals surface area (Å²) in [5.41, 5.74) is 7.73. The molecule has 2 rings (SSSR count). The molecule has 1 aliphatic carbocycles. The molecular weight excluding hydrogens is 244 g/mol. The molecule has 1 aromatic heterocycles. The van der Waals surface area contributed by atoms with Gasteiger partial charge in [0.2, 0.25) is 0 Å². The molecule has 0 bridgehead atoms. The van der Waals surface area contributed by atoms with Crippen molar-refractivity contribution in [3.8, 4) is 0 Å². The quantitative estimate of drug-likeness (QED) is 0.800. The average molecular weight is 266 g/mol. The Labute approximate surface area is 114 Å². The van der Waals surface area contributed by atoms with E-state index in [0.29, 0.717) is 4.99 Å². The number of aryl methyl sites for hydroxylation is 2. The normalized spacial score (nSPS) is 14.8. The van der Waals surface area contributed by atoms with Crippen LogP contribution in [-0.4, -0.2) is 27.9 Å². The van der Waals surface area contributed by atoms with Gasteiger partial charge in [-0.2, -0.15) is 5.10 Å². The summed E-state index contributed by atoms with van der Waals surface area (Å²) in [6, 6.07) is 0. The third-order valence-corrected chi connectivity index (χ3v) is 3.61. The summed E-state index contributed by atoms with van der Waals surface area (Å²) < 4.78 is 1.92. The molecule has 1 aromatic rings. The average Bonchev–Trinajstić information content (AvgIpc) is 3.02. The highest BCUT2D eigenvalue weighted by Crippen LogP contribution is 2.33.